The molecule has 0 heterocycles. The molecule has 0 saturated carbocycles. The molecule has 0 aromatic carbocycles. The van der Waals surface area contributed by atoms with E-state index in [9.17, 15) is 8.78 Å². The third kappa shape index (κ3) is 6.75. The largest absolute Gasteiger partial charge is 0.314 e. The number of halogens is 2. The van der Waals surface area contributed by atoms with Crippen LogP contribution in [0.25, 0.3) is 0 Å². The maximum absolute atomic E-state index is 11.9. The normalized spacial score (nSPS) is 15.6. The second-order valence-corrected chi connectivity index (χ2v) is 3.79. The Labute approximate surface area is 83.5 Å². The lowest BCUT2D eigenvalue weighted by Crippen LogP contribution is -2.35. The van der Waals surface area contributed by atoms with E-state index in [-0.39, 0.29) is 6.54 Å². The van der Waals surface area contributed by atoms with Crippen molar-refractivity contribution in [3.05, 3.63) is 0 Å². The molecule has 5 heteroatoms. The number of nitrogens with zero attached hydrogens (tertiary/aromatic N) is 2. The number of nitriles is 1. The van der Waals surface area contributed by atoms with Crippen molar-refractivity contribution >= 4 is 0 Å². The van der Waals surface area contributed by atoms with Crippen LogP contribution in [0.3, 0.4) is 0 Å². The molecule has 0 radical (unpaired) electrons. The molecule has 82 valence electrons. The van der Waals surface area contributed by atoms with Gasteiger partial charge in [0.2, 0.25) is 0 Å². The molecule has 0 aliphatic rings. The molecule has 0 saturated heterocycles. The van der Waals surface area contributed by atoms with Gasteiger partial charge in [-0.3, -0.25) is 0 Å². The zero-order valence-electron chi connectivity index (χ0n) is 8.63. The average Bonchev–Trinajstić information content (AvgIpc) is 2.02. The molecular formula is C9H17F2N3. The van der Waals surface area contributed by atoms with Crippen LogP contribution < -0.4 is 5.73 Å². The second-order valence-electron chi connectivity index (χ2n) is 3.79. The highest BCUT2D eigenvalue weighted by Crippen LogP contribution is 2.07. The highest BCUT2D eigenvalue weighted by molar-refractivity contribution is 5.00. The molecule has 0 spiro atoms. The van der Waals surface area contributed by atoms with Crippen LogP contribution in [0.5, 0.6) is 0 Å². The SMILES string of the molecule is CN(CCCC(C)(N)C#N)CC(F)F. The summed E-state index contributed by atoms with van der Waals surface area (Å²) in [7, 11) is 1.63. The first kappa shape index (κ1) is 13.3. The summed E-state index contributed by atoms with van der Waals surface area (Å²) < 4.78 is 23.8. The molecule has 0 amide bonds. The summed E-state index contributed by atoms with van der Waals surface area (Å²) in [5.41, 5.74) is 4.73. The molecule has 1 unspecified atom stereocenters. The summed E-state index contributed by atoms with van der Waals surface area (Å²) in [6, 6.07) is 1.97. The molecular weight excluding hydrogens is 188 g/mol. The van der Waals surface area contributed by atoms with Gasteiger partial charge >= 0.3 is 0 Å². The number of alkyl halides is 2. The summed E-state index contributed by atoms with van der Waals surface area (Å²) in [5.74, 6) is 0. The third-order valence-electron chi connectivity index (χ3n) is 1.94. The van der Waals surface area contributed by atoms with Crippen LogP contribution in [-0.4, -0.2) is 37.0 Å². The van der Waals surface area contributed by atoms with Crippen LogP contribution in [0.2, 0.25) is 0 Å². The fraction of sp³-hybridized carbons (Fsp3) is 0.889. The van der Waals surface area contributed by atoms with Crippen molar-refractivity contribution in [3.8, 4) is 6.07 Å². The zero-order valence-corrected chi connectivity index (χ0v) is 8.63. The number of rotatable bonds is 6. The van der Waals surface area contributed by atoms with E-state index in [4.69, 9.17) is 11.0 Å². The van der Waals surface area contributed by atoms with E-state index < -0.39 is 12.0 Å². The maximum Gasteiger partial charge on any atom is 0.251 e. The topological polar surface area (TPSA) is 53.0 Å². The average molecular weight is 205 g/mol. The van der Waals surface area contributed by atoms with E-state index >= 15 is 0 Å². The van der Waals surface area contributed by atoms with Gasteiger partial charge in [-0.05, 0) is 33.4 Å². The lowest BCUT2D eigenvalue weighted by Gasteiger charge is -2.19. The van der Waals surface area contributed by atoms with Gasteiger partial charge in [0.1, 0.15) is 5.54 Å². The standard InChI is InChI=1S/C9H17F2N3/c1-9(13,7-12)4-3-5-14(2)6-8(10)11/h8H,3-6,13H2,1-2H3. The maximum atomic E-state index is 11.9. The van der Waals surface area contributed by atoms with Gasteiger partial charge in [0.15, 0.2) is 0 Å². The molecule has 3 nitrogen and oxygen atoms in total. The molecule has 0 aromatic rings. The van der Waals surface area contributed by atoms with Crippen LogP contribution in [0.4, 0.5) is 8.78 Å². The Morgan fingerprint density at radius 1 is 1.57 bits per heavy atom. The summed E-state index contributed by atoms with van der Waals surface area (Å²) >= 11 is 0. The smallest absolute Gasteiger partial charge is 0.251 e. The Bertz CT molecular complexity index is 199. The minimum absolute atomic E-state index is 0.228. The van der Waals surface area contributed by atoms with Crippen molar-refractivity contribution in [1.82, 2.24) is 4.90 Å². The first-order valence-electron chi connectivity index (χ1n) is 4.54. The Morgan fingerprint density at radius 3 is 2.57 bits per heavy atom. The van der Waals surface area contributed by atoms with E-state index in [1.165, 1.54) is 4.90 Å². The highest BCUT2D eigenvalue weighted by atomic mass is 19.3. The van der Waals surface area contributed by atoms with Crippen LogP contribution in [0.1, 0.15) is 19.8 Å². The molecule has 0 bridgehead atoms. The number of hydrogen-bond donors (Lipinski definition) is 1. The van der Waals surface area contributed by atoms with Crippen LogP contribution in [-0.2, 0) is 0 Å². The van der Waals surface area contributed by atoms with E-state index in [1.807, 2.05) is 6.07 Å². The highest BCUT2D eigenvalue weighted by Gasteiger charge is 2.17. The Hall–Kier alpha value is -0.730. The molecule has 0 fully saturated rings. The fourth-order valence-corrected chi connectivity index (χ4v) is 1.10. The molecule has 0 aliphatic heterocycles. The summed E-state index contributed by atoms with van der Waals surface area (Å²) in [6.07, 6.45) is -1.12. The van der Waals surface area contributed by atoms with Crippen LogP contribution in [0.15, 0.2) is 0 Å². The monoisotopic (exact) mass is 205 g/mol. The van der Waals surface area contributed by atoms with E-state index in [0.29, 0.717) is 19.4 Å². The van der Waals surface area contributed by atoms with Crippen molar-refractivity contribution < 1.29 is 8.78 Å². The van der Waals surface area contributed by atoms with Crippen molar-refractivity contribution in [2.75, 3.05) is 20.1 Å². The van der Waals surface area contributed by atoms with Gasteiger partial charge in [-0.2, -0.15) is 5.26 Å². The molecule has 2 N–H and O–H groups in total. The Morgan fingerprint density at radius 2 is 2.14 bits per heavy atom. The van der Waals surface area contributed by atoms with Gasteiger partial charge < -0.3 is 10.6 Å². The van der Waals surface area contributed by atoms with Gasteiger partial charge in [-0.1, -0.05) is 0 Å². The first-order chi connectivity index (χ1) is 6.37. The summed E-state index contributed by atoms with van der Waals surface area (Å²) in [5, 5.41) is 8.60. The van der Waals surface area contributed by atoms with Crippen molar-refractivity contribution in [1.29, 1.82) is 5.26 Å². The van der Waals surface area contributed by atoms with Crippen molar-refractivity contribution in [3.63, 3.8) is 0 Å². The minimum atomic E-state index is -2.31. The lowest BCUT2D eigenvalue weighted by molar-refractivity contribution is 0.0992. The molecule has 0 aliphatic carbocycles. The molecule has 14 heavy (non-hydrogen) atoms. The van der Waals surface area contributed by atoms with Gasteiger partial charge in [-0.25, -0.2) is 8.78 Å². The predicted octanol–water partition coefficient (Wildman–Crippen LogP) is 1.20. The molecule has 0 aromatic heterocycles. The van der Waals surface area contributed by atoms with Gasteiger partial charge in [0.25, 0.3) is 6.43 Å². The predicted molar refractivity (Wildman–Crippen MR) is 50.9 cm³/mol. The van der Waals surface area contributed by atoms with Gasteiger partial charge in [0, 0.05) is 0 Å². The number of hydrogen-bond acceptors (Lipinski definition) is 3. The molecule has 1 atom stereocenters. The summed E-state index contributed by atoms with van der Waals surface area (Å²) in [6.45, 7) is 1.95. The van der Waals surface area contributed by atoms with E-state index in [1.54, 1.807) is 14.0 Å². The van der Waals surface area contributed by atoms with Crippen LogP contribution >= 0.6 is 0 Å². The van der Waals surface area contributed by atoms with E-state index in [0.717, 1.165) is 0 Å². The lowest BCUT2D eigenvalue weighted by atomic mass is 9.99. The number of nitrogens with two attached hydrogens (primary N) is 1. The van der Waals surface area contributed by atoms with E-state index in [2.05, 4.69) is 0 Å². The third-order valence-corrected chi connectivity index (χ3v) is 1.94. The van der Waals surface area contributed by atoms with Gasteiger partial charge in [0.05, 0.1) is 12.6 Å². The minimum Gasteiger partial charge on any atom is -0.314 e. The fourth-order valence-electron chi connectivity index (χ4n) is 1.10. The first-order valence-corrected chi connectivity index (χ1v) is 4.54. The molecule has 0 rings (SSSR count). The Kier molecular flexibility index (Phi) is 5.58. The van der Waals surface area contributed by atoms with Crippen molar-refractivity contribution in [2.24, 2.45) is 5.73 Å². The van der Waals surface area contributed by atoms with Crippen LogP contribution in [0, 0.1) is 11.3 Å². The Balaban J connectivity index is 3.60. The van der Waals surface area contributed by atoms with Gasteiger partial charge in [-0.15, -0.1) is 0 Å². The summed E-state index contributed by atoms with van der Waals surface area (Å²) in [4.78, 5) is 1.54. The van der Waals surface area contributed by atoms with Crippen molar-refractivity contribution in [2.45, 2.75) is 31.7 Å². The quantitative estimate of drug-likeness (QED) is 0.709. The zero-order chi connectivity index (χ0) is 11.2. The second kappa shape index (κ2) is 5.89.